The predicted octanol–water partition coefficient (Wildman–Crippen LogP) is 5.68. The van der Waals surface area contributed by atoms with Gasteiger partial charge in [-0.15, -0.1) is 0 Å². The molecular weight excluding hydrogens is 374 g/mol. The molecule has 1 aliphatic rings. The van der Waals surface area contributed by atoms with E-state index in [1.165, 1.54) is 23.6 Å². The first-order valence-electron chi connectivity index (χ1n) is 10.7. The van der Waals surface area contributed by atoms with Crippen molar-refractivity contribution < 1.29 is 14.7 Å². The number of nitrogens with one attached hydrogen (secondary N) is 1. The van der Waals surface area contributed by atoms with Crippen LogP contribution in [0.15, 0.2) is 48.5 Å². The van der Waals surface area contributed by atoms with Crippen molar-refractivity contribution in [1.29, 1.82) is 0 Å². The molecule has 0 amide bonds. The molecule has 2 aromatic carbocycles. The molecule has 3 rings (SSSR count). The first kappa shape index (κ1) is 22.3. The summed E-state index contributed by atoms with van der Waals surface area (Å²) in [7, 11) is 0. The molecule has 0 aliphatic heterocycles. The van der Waals surface area contributed by atoms with Crippen molar-refractivity contribution in [2.24, 2.45) is 0 Å². The number of hydrogen-bond donors (Lipinski definition) is 2. The topological polar surface area (TPSA) is 58.6 Å². The third-order valence-electron chi connectivity index (χ3n) is 6.28. The molecule has 1 aliphatic carbocycles. The van der Waals surface area contributed by atoms with E-state index in [9.17, 15) is 10.0 Å². The van der Waals surface area contributed by atoms with Crippen LogP contribution in [0.5, 0.6) is 0 Å². The van der Waals surface area contributed by atoms with E-state index in [1.807, 2.05) is 24.3 Å². The number of benzene rings is 2. The zero-order valence-corrected chi connectivity index (χ0v) is 18.7. The molecule has 0 radical (unpaired) electrons. The summed E-state index contributed by atoms with van der Waals surface area (Å²) < 4.78 is 4.94. The van der Waals surface area contributed by atoms with E-state index < -0.39 is 0 Å². The largest absolute Gasteiger partial charge is 0.463 e. The Morgan fingerprint density at radius 3 is 2.40 bits per heavy atom. The van der Waals surface area contributed by atoms with E-state index in [2.05, 4.69) is 51.4 Å². The van der Waals surface area contributed by atoms with Crippen LogP contribution in [0.4, 0.5) is 0 Å². The van der Waals surface area contributed by atoms with Crippen LogP contribution in [0.2, 0.25) is 0 Å². The van der Waals surface area contributed by atoms with Gasteiger partial charge in [0, 0.05) is 6.08 Å². The third-order valence-corrected chi connectivity index (χ3v) is 6.28. The molecule has 160 valence electrons. The minimum atomic E-state index is -0.362. The Hall–Kier alpha value is -2.43. The Balaban J connectivity index is 1.96. The Labute approximate surface area is 179 Å². The smallest absolute Gasteiger partial charge is 0.330 e. The number of rotatable bonds is 6. The zero-order valence-electron chi connectivity index (χ0n) is 18.7. The first-order valence-corrected chi connectivity index (χ1v) is 10.7. The number of carbonyl (C=O) groups is 1. The minimum Gasteiger partial charge on any atom is -0.463 e. The SMILES string of the molecule is CCOC(=O)C=Cc1cccc(C(NO)c2ccc3c(c2)C(C)(C)CCC3(C)C)c1. The quantitative estimate of drug-likeness (QED) is 0.367. The molecule has 0 saturated heterocycles. The average molecular weight is 408 g/mol. The Kier molecular flexibility index (Phi) is 6.49. The highest BCUT2D eigenvalue weighted by Gasteiger charge is 2.37. The zero-order chi connectivity index (χ0) is 21.9. The second-order valence-electron chi connectivity index (χ2n) is 9.39. The van der Waals surface area contributed by atoms with Crippen molar-refractivity contribution >= 4 is 12.0 Å². The fourth-order valence-electron chi connectivity index (χ4n) is 4.32. The molecule has 4 nitrogen and oxygen atoms in total. The van der Waals surface area contributed by atoms with Crippen LogP contribution in [-0.2, 0) is 20.4 Å². The van der Waals surface area contributed by atoms with Gasteiger partial charge in [-0.2, -0.15) is 5.48 Å². The molecule has 0 heterocycles. The van der Waals surface area contributed by atoms with Gasteiger partial charge in [0.05, 0.1) is 12.6 Å². The lowest BCUT2D eigenvalue weighted by Crippen LogP contribution is -2.34. The maximum absolute atomic E-state index is 11.6. The van der Waals surface area contributed by atoms with Crippen molar-refractivity contribution in [3.8, 4) is 0 Å². The van der Waals surface area contributed by atoms with Crippen LogP contribution in [0.1, 0.15) is 81.3 Å². The van der Waals surface area contributed by atoms with E-state index in [1.54, 1.807) is 13.0 Å². The van der Waals surface area contributed by atoms with Crippen LogP contribution in [-0.4, -0.2) is 17.8 Å². The summed E-state index contributed by atoms with van der Waals surface area (Å²) in [4.78, 5) is 11.6. The number of hydrogen-bond acceptors (Lipinski definition) is 4. The van der Waals surface area contributed by atoms with Crippen LogP contribution < -0.4 is 5.48 Å². The van der Waals surface area contributed by atoms with Gasteiger partial charge in [0.1, 0.15) is 0 Å². The molecule has 1 atom stereocenters. The van der Waals surface area contributed by atoms with E-state index in [0.29, 0.717) is 6.61 Å². The predicted molar refractivity (Wildman–Crippen MR) is 121 cm³/mol. The molecule has 1 unspecified atom stereocenters. The van der Waals surface area contributed by atoms with E-state index in [0.717, 1.165) is 23.1 Å². The molecular formula is C26H33NO3. The van der Waals surface area contributed by atoms with Crippen molar-refractivity contribution in [3.05, 3.63) is 76.4 Å². The average Bonchev–Trinajstić information content (AvgIpc) is 2.71. The van der Waals surface area contributed by atoms with Gasteiger partial charge in [0.15, 0.2) is 0 Å². The molecule has 0 bridgehead atoms. The summed E-state index contributed by atoms with van der Waals surface area (Å²) in [6.07, 6.45) is 5.46. The highest BCUT2D eigenvalue weighted by Crippen LogP contribution is 2.46. The van der Waals surface area contributed by atoms with Gasteiger partial charge in [0.2, 0.25) is 0 Å². The number of ether oxygens (including phenoxy) is 1. The monoisotopic (exact) mass is 407 g/mol. The first-order chi connectivity index (χ1) is 14.2. The van der Waals surface area contributed by atoms with Crippen molar-refractivity contribution in [1.82, 2.24) is 5.48 Å². The van der Waals surface area contributed by atoms with Gasteiger partial charge >= 0.3 is 5.97 Å². The Bertz CT molecular complexity index is 943. The molecule has 4 heteroatoms. The van der Waals surface area contributed by atoms with Gasteiger partial charge in [-0.05, 0) is 70.6 Å². The van der Waals surface area contributed by atoms with Crippen LogP contribution in [0.25, 0.3) is 6.08 Å². The van der Waals surface area contributed by atoms with Crippen molar-refractivity contribution in [3.63, 3.8) is 0 Å². The molecule has 0 aromatic heterocycles. The number of fused-ring (bicyclic) bond motifs is 1. The molecule has 2 aromatic rings. The van der Waals surface area contributed by atoms with Crippen LogP contribution in [0, 0.1) is 0 Å². The maximum atomic E-state index is 11.6. The lowest BCUT2D eigenvalue weighted by Gasteiger charge is -2.42. The normalized spacial score (nSPS) is 18.1. The highest BCUT2D eigenvalue weighted by atomic mass is 16.5. The van der Waals surface area contributed by atoms with Gasteiger partial charge in [0.25, 0.3) is 0 Å². The summed E-state index contributed by atoms with van der Waals surface area (Å²) in [6.45, 7) is 11.3. The maximum Gasteiger partial charge on any atom is 0.330 e. The summed E-state index contributed by atoms with van der Waals surface area (Å²) >= 11 is 0. The molecule has 0 fully saturated rings. The lowest BCUT2D eigenvalue weighted by atomic mass is 9.63. The highest BCUT2D eigenvalue weighted by molar-refractivity contribution is 5.87. The van der Waals surface area contributed by atoms with Crippen LogP contribution >= 0.6 is 0 Å². The van der Waals surface area contributed by atoms with E-state index in [4.69, 9.17) is 4.74 Å². The van der Waals surface area contributed by atoms with Crippen molar-refractivity contribution in [2.75, 3.05) is 6.61 Å². The summed E-state index contributed by atoms with van der Waals surface area (Å²) in [5, 5.41) is 10.0. The van der Waals surface area contributed by atoms with Gasteiger partial charge in [-0.1, -0.05) is 64.1 Å². The Morgan fingerprint density at radius 2 is 1.73 bits per heavy atom. The molecule has 0 saturated carbocycles. The van der Waals surface area contributed by atoms with E-state index >= 15 is 0 Å². The number of hydroxylamine groups is 1. The van der Waals surface area contributed by atoms with Gasteiger partial charge in [-0.25, -0.2) is 4.79 Å². The second kappa shape index (κ2) is 8.75. The standard InChI is InChI=1S/C26H33NO3/c1-6-30-23(28)13-10-18-8-7-9-19(16-18)24(27-29)20-11-12-21-22(17-20)26(4,5)15-14-25(21,2)3/h7-13,16-17,24,27,29H,6,14-15H2,1-5H3. The summed E-state index contributed by atoms with van der Waals surface area (Å²) in [5.41, 5.74) is 8.32. The van der Waals surface area contributed by atoms with E-state index in [-0.39, 0.29) is 22.8 Å². The molecule has 2 N–H and O–H groups in total. The number of esters is 1. The molecule has 30 heavy (non-hydrogen) atoms. The Morgan fingerprint density at radius 1 is 1.07 bits per heavy atom. The van der Waals surface area contributed by atoms with Crippen LogP contribution in [0.3, 0.4) is 0 Å². The van der Waals surface area contributed by atoms with Gasteiger partial charge in [-0.3, -0.25) is 0 Å². The minimum absolute atomic E-state index is 0.102. The fraction of sp³-hybridized carbons (Fsp3) is 0.423. The lowest BCUT2D eigenvalue weighted by molar-refractivity contribution is -0.137. The summed E-state index contributed by atoms with van der Waals surface area (Å²) in [5.74, 6) is -0.362. The third kappa shape index (κ3) is 4.66. The summed E-state index contributed by atoms with van der Waals surface area (Å²) in [6, 6.07) is 14.0. The molecule has 0 spiro atoms. The van der Waals surface area contributed by atoms with Gasteiger partial charge < -0.3 is 9.94 Å². The number of carbonyl (C=O) groups excluding carboxylic acids is 1. The van der Waals surface area contributed by atoms with Crippen molar-refractivity contribution in [2.45, 2.75) is 64.3 Å². The second-order valence-corrected chi connectivity index (χ2v) is 9.39. The fourth-order valence-corrected chi connectivity index (χ4v) is 4.32.